The van der Waals surface area contributed by atoms with Crippen molar-refractivity contribution in [2.24, 2.45) is 0 Å². The van der Waals surface area contributed by atoms with Gasteiger partial charge in [0.15, 0.2) is 0 Å². The standard InChI is InChI=1S/C20H28N4O3/c25-18(21-16-8-4-1-2-5-9-16)14-23-12-13-24(15-19(23)26)20(27)22-17-10-6-3-7-11-17/h3,6-7,10-11,16H,1-2,4-5,8-9,12-15H2,(H,21,25)(H,22,27). The van der Waals surface area contributed by atoms with E-state index in [4.69, 9.17) is 0 Å². The second kappa shape index (κ2) is 9.39. The summed E-state index contributed by atoms with van der Waals surface area (Å²) in [7, 11) is 0. The Hall–Kier alpha value is -2.57. The largest absolute Gasteiger partial charge is 0.352 e. The van der Waals surface area contributed by atoms with Crippen LogP contribution in [0.25, 0.3) is 0 Å². The molecule has 2 aliphatic rings. The average Bonchev–Trinajstić information content (AvgIpc) is 2.93. The Labute approximate surface area is 160 Å². The molecule has 146 valence electrons. The molecule has 0 bridgehead atoms. The highest BCUT2D eigenvalue weighted by Crippen LogP contribution is 2.17. The number of nitrogens with zero attached hydrogens (tertiary/aromatic N) is 2. The van der Waals surface area contributed by atoms with E-state index in [1.165, 1.54) is 17.7 Å². The van der Waals surface area contributed by atoms with E-state index in [-0.39, 0.29) is 37.0 Å². The van der Waals surface area contributed by atoms with Crippen molar-refractivity contribution in [1.29, 1.82) is 0 Å². The molecular formula is C20H28N4O3. The summed E-state index contributed by atoms with van der Waals surface area (Å²) in [4.78, 5) is 40.0. The lowest BCUT2D eigenvalue weighted by atomic mass is 10.1. The zero-order chi connectivity index (χ0) is 19.1. The van der Waals surface area contributed by atoms with Crippen LogP contribution in [-0.4, -0.2) is 59.9 Å². The van der Waals surface area contributed by atoms with Crippen molar-refractivity contribution < 1.29 is 14.4 Å². The molecule has 2 fully saturated rings. The molecule has 1 heterocycles. The van der Waals surface area contributed by atoms with Gasteiger partial charge in [0, 0.05) is 24.8 Å². The van der Waals surface area contributed by atoms with Gasteiger partial charge in [-0.3, -0.25) is 9.59 Å². The van der Waals surface area contributed by atoms with Gasteiger partial charge in [-0.2, -0.15) is 0 Å². The lowest BCUT2D eigenvalue weighted by Crippen LogP contribution is -2.55. The van der Waals surface area contributed by atoms with Crippen LogP contribution >= 0.6 is 0 Å². The summed E-state index contributed by atoms with van der Waals surface area (Å²) in [6.45, 7) is 0.860. The molecule has 3 rings (SSSR count). The molecule has 1 aromatic carbocycles. The van der Waals surface area contributed by atoms with Crippen LogP contribution in [0.15, 0.2) is 30.3 Å². The molecule has 1 saturated carbocycles. The molecule has 4 amide bonds. The summed E-state index contributed by atoms with van der Waals surface area (Å²) in [6.07, 6.45) is 6.81. The molecule has 0 unspecified atom stereocenters. The monoisotopic (exact) mass is 372 g/mol. The SMILES string of the molecule is O=C(CN1CCN(C(=O)Nc2ccccc2)CC1=O)NC1CCCCCC1. The summed E-state index contributed by atoms with van der Waals surface area (Å²) in [5, 5.41) is 5.85. The second-order valence-electron chi connectivity index (χ2n) is 7.29. The Morgan fingerprint density at radius 1 is 1.00 bits per heavy atom. The number of carbonyl (C=O) groups is 3. The van der Waals surface area contributed by atoms with E-state index in [0.29, 0.717) is 18.8 Å². The third kappa shape index (κ3) is 5.70. The first kappa shape index (κ1) is 19.2. The normalized spacial score (nSPS) is 18.7. The number of piperazine rings is 1. The Morgan fingerprint density at radius 3 is 2.37 bits per heavy atom. The predicted octanol–water partition coefficient (Wildman–Crippen LogP) is 2.20. The number of para-hydroxylation sites is 1. The number of rotatable bonds is 4. The first-order chi connectivity index (χ1) is 13.1. The second-order valence-corrected chi connectivity index (χ2v) is 7.29. The van der Waals surface area contributed by atoms with Gasteiger partial charge in [-0.15, -0.1) is 0 Å². The molecule has 27 heavy (non-hydrogen) atoms. The molecule has 2 N–H and O–H groups in total. The van der Waals surface area contributed by atoms with Crippen molar-refractivity contribution in [3.05, 3.63) is 30.3 Å². The van der Waals surface area contributed by atoms with Gasteiger partial charge in [-0.1, -0.05) is 43.9 Å². The number of carbonyl (C=O) groups excluding carboxylic acids is 3. The van der Waals surface area contributed by atoms with Gasteiger partial charge in [0.25, 0.3) is 0 Å². The summed E-state index contributed by atoms with van der Waals surface area (Å²) < 4.78 is 0. The molecule has 1 aromatic rings. The minimum atomic E-state index is -0.294. The van der Waals surface area contributed by atoms with Gasteiger partial charge in [0.05, 0.1) is 6.54 Å². The van der Waals surface area contributed by atoms with Gasteiger partial charge >= 0.3 is 6.03 Å². The van der Waals surface area contributed by atoms with Crippen molar-refractivity contribution >= 4 is 23.5 Å². The summed E-state index contributed by atoms with van der Waals surface area (Å²) in [5.74, 6) is -0.294. The van der Waals surface area contributed by atoms with Gasteiger partial charge in [-0.05, 0) is 25.0 Å². The lowest BCUT2D eigenvalue weighted by molar-refractivity contribution is -0.139. The van der Waals surface area contributed by atoms with Gasteiger partial charge in [-0.25, -0.2) is 4.79 Å². The van der Waals surface area contributed by atoms with E-state index in [1.807, 2.05) is 18.2 Å². The molecule has 1 aliphatic heterocycles. The Bertz CT molecular complexity index is 656. The van der Waals surface area contributed by atoms with Crippen molar-refractivity contribution in [2.75, 3.05) is 31.5 Å². The first-order valence-electron chi connectivity index (χ1n) is 9.80. The summed E-state index contributed by atoms with van der Waals surface area (Å²) in [6, 6.07) is 9.09. The Morgan fingerprint density at radius 2 is 1.70 bits per heavy atom. The molecule has 1 saturated heterocycles. The topological polar surface area (TPSA) is 81.8 Å². The van der Waals surface area contributed by atoms with E-state index in [2.05, 4.69) is 10.6 Å². The number of hydrogen-bond acceptors (Lipinski definition) is 3. The van der Waals surface area contributed by atoms with Crippen LogP contribution in [0.1, 0.15) is 38.5 Å². The number of hydrogen-bond donors (Lipinski definition) is 2. The van der Waals surface area contributed by atoms with Crippen LogP contribution in [-0.2, 0) is 9.59 Å². The number of amides is 4. The molecule has 0 atom stereocenters. The van der Waals surface area contributed by atoms with E-state index in [1.54, 1.807) is 17.0 Å². The van der Waals surface area contributed by atoms with E-state index < -0.39 is 0 Å². The number of urea groups is 1. The minimum absolute atomic E-state index is 0.00459. The number of anilines is 1. The molecule has 1 aliphatic carbocycles. The molecule has 0 aromatic heterocycles. The zero-order valence-electron chi connectivity index (χ0n) is 15.7. The maximum Gasteiger partial charge on any atom is 0.322 e. The minimum Gasteiger partial charge on any atom is -0.352 e. The van der Waals surface area contributed by atoms with Crippen LogP contribution in [0.5, 0.6) is 0 Å². The van der Waals surface area contributed by atoms with Gasteiger partial charge in [0.2, 0.25) is 11.8 Å². The fraction of sp³-hybridized carbons (Fsp3) is 0.550. The Kier molecular flexibility index (Phi) is 6.68. The average molecular weight is 372 g/mol. The highest BCUT2D eigenvalue weighted by molar-refractivity contribution is 5.94. The highest BCUT2D eigenvalue weighted by atomic mass is 16.2. The van der Waals surface area contributed by atoms with Crippen LogP contribution in [0.4, 0.5) is 10.5 Å². The van der Waals surface area contributed by atoms with Gasteiger partial charge < -0.3 is 20.4 Å². The van der Waals surface area contributed by atoms with Crippen LogP contribution in [0.2, 0.25) is 0 Å². The molecular weight excluding hydrogens is 344 g/mol. The lowest BCUT2D eigenvalue weighted by Gasteiger charge is -2.34. The van der Waals surface area contributed by atoms with E-state index >= 15 is 0 Å². The van der Waals surface area contributed by atoms with Gasteiger partial charge in [0.1, 0.15) is 6.54 Å². The zero-order valence-corrected chi connectivity index (χ0v) is 15.7. The maximum atomic E-state index is 12.4. The molecule has 0 radical (unpaired) electrons. The van der Waals surface area contributed by atoms with Crippen molar-refractivity contribution in [3.8, 4) is 0 Å². The fourth-order valence-corrected chi connectivity index (χ4v) is 3.64. The molecule has 7 heteroatoms. The third-order valence-corrected chi connectivity index (χ3v) is 5.19. The Balaban J connectivity index is 1.44. The van der Waals surface area contributed by atoms with Crippen LogP contribution in [0, 0.1) is 0 Å². The highest BCUT2D eigenvalue weighted by Gasteiger charge is 2.28. The van der Waals surface area contributed by atoms with Crippen LogP contribution in [0.3, 0.4) is 0 Å². The van der Waals surface area contributed by atoms with Crippen molar-refractivity contribution in [3.63, 3.8) is 0 Å². The third-order valence-electron chi connectivity index (χ3n) is 5.19. The van der Waals surface area contributed by atoms with Crippen LogP contribution < -0.4 is 10.6 Å². The quantitative estimate of drug-likeness (QED) is 0.795. The summed E-state index contributed by atoms with van der Waals surface area (Å²) in [5.41, 5.74) is 0.695. The molecule has 0 spiro atoms. The van der Waals surface area contributed by atoms with E-state index in [0.717, 1.165) is 25.7 Å². The number of nitrogens with one attached hydrogen (secondary N) is 2. The smallest absolute Gasteiger partial charge is 0.322 e. The maximum absolute atomic E-state index is 12.4. The number of benzene rings is 1. The van der Waals surface area contributed by atoms with Crippen molar-refractivity contribution in [2.45, 2.75) is 44.6 Å². The molecule has 7 nitrogen and oxygen atoms in total. The predicted molar refractivity (Wildman–Crippen MR) is 103 cm³/mol. The van der Waals surface area contributed by atoms with E-state index in [9.17, 15) is 14.4 Å². The van der Waals surface area contributed by atoms with Crippen molar-refractivity contribution in [1.82, 2.24) is 15.1 Å². The fourth-order valence-electron chi connectivity index (χ4n) is 3.64. The first-order valence-corrected chi connectivity index (χ1v) is 9.80. The summed E-state index contributed by atoms with van der Waals surface area (Å²) >= 11 is 0.